The standard InChI is InChI=1S/C21H21NO6/c1-8-3-4-13(23)16-12(8)7-10-6-11-5-9(2)14(20(22)27)18(25)21(11,28)19(26)15(10)17(16)24/h3-4,10-11,15,23,28H,5-7H2,1-2H3,(H2,22,27)/t10-,11-,15?,21-/m1/s1. The topological polar surface area (TPSA) is 135 Å². The van der Waals surface area contributed by atoms with E-state index in [2.05, 4.69) is 0 Å². The summed E-state index contributed by atoms with van der Waals surface area (Å²) in [6.45, 7) is 3.43. The second-order valence-corrected chi connectivity index (χ2v) is 8.18. The van der Waals surface area contributed by atoms with Gasteiger partial charge in [0.1, 0.15) is 5.75 Å². The van der Waals surface area contributed by atoms with Crippen molar-refractivity contribution in [2.45, 2.75) is 38.7 Å². The molecule has 4 N–H and O–H groups in total. The highest BCUT2D eigenvalue weighted by molar-refractivity contribution is 6.32. The zero-order chi connectivity index (χ0) is 20.5. The van der Waals surface area contributed by atoms with Gasteiger partial charge in [-0.2, -0.15) is 0 Å². The molecule has 1 amide bonds. The minimum absolute atomic E-state index is 0.0850. The predicted octanol–water partition coefficient (Wildman–Crippen LogP) is 0.767. The second kappa shape index (κ2) is 5.85. The van der Waals surface area contributed by atoms with Crippen LogP contribution in [0.4, 0.5) is 0 Å². The monoisotopic (exact) mass is 383 g/mol. The first-order valence-electron chi connectivity index (χ1n) is 9.25. The highest BCUT2D eigenvalue weighted by atomic mass is 16.3. The van der Waals surface area contributed by atoms with Crippen molar-refractivity contribution in [1.29, 1.82) is 0 Å². The Labute approximate surface area is 161 Å². The van der Waals surface area contributed by atoms with Crippen molar-refractivity contribution in [1.82, 2.24) is 0 Å². The molecule has 1 unspecified atom stereocenters. The molecule has 0 spiro atoms. The number of aliphatic hydroxyl groups is 1. The zero-order valence-electron chi connectivity index (χ0n) is 15.6. The summed E-state index contributed by atoms with van der Waals surface area (Å²) >= 11 is 0. The van der Waals surface area contributed by atoms with E-state index in [1.165, 1.54) is 6.07 Å². The SMILES string of the molecule is CC1=C(C(N)=O)C(=O)[C@@]2(O)C(=O)C3C(=O)c4c(O)ccc(C)c4C[C@H]3C[C@H]2C1. The van der Waals surface area contributed by atoms with Crippen molar-refractivity contribution < 1.29 is 29.4 Å². The number of hydrogen-bond acceptors (Lipinski definition) is 6. The predicted molar refractivity (Wildman–Crippen MR) is 97.4 cm³/mol. The lowest BCUT2D eigenvalue weighted by Gasteiger charge is -2.48. The number of Topliss-reactive ketones (excluding diaryl/α,β-unsaturated/α-hetero) is 3. The summed E-state index contributed by atoms with van der Waals surface area (Å²) < 4.78 is 0. The number of allylic oxidation sites excluding steroid dienone is 1. The molecular formula is C21H21NO6. The quantitative estimate of drug-likeness (QED) is 0.484. The van der Waals surface area contributed by atoms with Crippen molar-refractivity contribution in [3.8, 4) is 5.75 Å². The van der Waals surface area contributed by atoms with Gasteiger partial charge in [0.15, 0.2) is 17.2 Å². The number of benzene rings is 1. The van der Waals surface area contributed by atoms with Gasteiger partial charge in [-0.15, -0.1) is 0 Å². The third-order valence-electron chi connectivity index (χ3n) is 6.63. The van der Waals surface area contributed by atoms with Gasteiger partial charge >= 0.3 is 0 Å². The molecule has 0 bridgehead atoms. The Morgan fingerprint density at radius 1 is 1.18 bits per heavy atom. The van der Waals surface area contributed by atoms with Crippen LogP contribution in [-0.2, 0) is 20.8 Å². The van der Waals surface area contributed by atoms with Crippen molar-refractivity contribution in [3.63, 3.8) is 0 Å². The molecule has 0 radical (unpaired) electrons. The van der Waals surface area contributed by atoms with Crippen LogP contribution in [0.3, 0.4) is 0 Å². The second-order valence-electron chi connectivity index (χ2n) is 8.18. The maximum atomic E-state index is 13.3. The van der Waals surface area contributed by atoms with Gasteiger partial charge in [0, 0.05) is 5.92 Å². The number of ketones is 3. The van der Waals surface area contributed by atoms with E-state index in [0.717, 1.165) is 5.56 Å². The molecule has 1 aromatic carbocycles. The molecule has 4 rings (SSSR count). The molecule has 1 fully saturated rings. The largest absolute Gasteiger partial charge is 0.507 e. The maximum absolute atomic E-state index is 13.3. The summed E-state index contributed by atoms with van der Waals surface area (Å²) in [7, 11) is 0. The first kappa shape index (κ1) is 18.6. The van der Waals surface area contributed by atoms with Gasteiger partial charge in [-0.3, -0.25) is 19.2 Å². The smallest absolute Gasteiger partial charge is 0.252 e. The number of hydrogen-bond donors (Lipinski definition) is 3. The highest BCUT2D eigenvalue weighted by Gasteiger charge is 2.63. The first-order valence-corrected chi connectivity index (χ1v) is 9.25. The molecule has 146 valence electrons. The molecule has 1 saturated carbocycles. The Hall–Kier alpha value is -2.80. The van der Waals surface area contributed by atoms with Crippen LogP contribution in [0.25, 0.3) is 0 Å². The average Bonchev–Trinajstić information content (AvgIpc) is 2.61. The molecule has 4 atom stereocenters. The lowest BCUT2D eigenvalue weighted by Crippen LogP contribution is -2.64. The summed E-state index contributed by atoms with van der Waals surface area (Å²) in [6.07, 6.45) is 0.891. The number of primary amides is 1. The Morgan fingerprint density at radius 3 is 2.50 bits per heavy atom. The van der Waals surface area contributed by atoms with Crippen molar-refractivity contribution >= 4 is 23.3 Å². The van der Waals surface area contributed by atoms with Crippen LogP contribution in [0.1, 0.15) is 41.3 Å². The van der Waals surface area contributed by atoms with Crippen LogP contribution in [0.2, 0.25) is 0 Å². The van der Waals surface area contributed by atoms with Crippen LogP contribution < -0.4 is 5.73 Å². The van der Waals surface area contributed by atoms with Crippen molar-refractivity contribution in [3.05, 3.63) is 40.0 Å². The van der Waals surface area contributed by atoms with Gasteiger partial charge < -0.3 is 15.9 Å². The zero-order valence-corrected chi connectivity index (χ0v) is 15.6. The lowest BCUT2D eigenvalue weighted by atomic mass is 9.54. The van der Waals surface area contributed by atoms with Gasteiger partial charge in [0.05, 0.1) is 17.1 Å². The van der Waals surface area contributed by atoms with Crippen LogP contribution >= 0.6 is 0 Å². The fraction of sp³-hybridized carbons (Fsp3) is 0.429. The van der Waals surface area contributed by atoms with Gasteiger partial charge in [0.25, 0.3) is 5.91 Å². The molecule has 0 aliphatic heterocycles. The van der Waals surface area contributed by atoms with Gasteiger partial charge in [-0.05, 0) is 56.2 Å². The highest BCUT2D eigenvalue weighted by Crippen LogP contribution is 2.50. The van der Waals surface area contributed by atoms with E-state index in [1.807, 2.05) is 6.92 Å². The summed E-state index contributed by atoms with van der Waals surface area (Å²) in [5, 5.41) is 21.3. The normalized spacial score (nSPS) is 32.0. The molecule has 28 heavy (non-hydrogen) atoms. The van der Waals surface area contributed by atoms with E-state index in [4.69, 9.17) is 5.73 Å². The number of amides is 1. The average molecular weight is 383 g/mol. The Kier molecular flexibility index (Phi) is 3.88. The molecular weight excluding hydrogens is 362 g/mol. The summed E-state index contributed by atoms with van der Waals surface area (Å²) in [4.78, 5) is 51.0. The van der Waals surface area contributed by atoms with E-state index >= 15 is 0 Å². The van der Waals surface area contributed by atoms with Gasteiger partial charge in [-0.1, -0.05) is 11.6 Å². The number of aromatic hydroxyl groups is 1. The molecule has 0 heterocycles. The minimum Gasteiger partial charge on any atom is -0.507 e. The third kappa shape index (κ3) is 2.19. The van der Waals surface area contributed by atoms with E-state index in [9.17, 15) is 29.4 Å². The lowest BCUT2D eigenvalue weighted by molar-refractivity contribution is -0.165. The van der Waals surface area contributed by atoms with E-state index in [1.54, 1.807) is 13.0 Å². The Bertz CT molecular complexity index is 1010. The molecule has 7 heteroatoms. The first-order chi connectivity index (χ1) is 13.1. The van der Waals surface area contributed by atoms with E-state index in [0.29, 0.717) is 24.0 Å². The van der Waals surface area contributed by atoms with Crippen LogP contribution in [0, 0.1) is 24.7 Å². The minimum atomic E-state index is -2.43. The number of aryl methyl sites for hydroxylation is 1. The fourth-order valence-corrected chi connectivity index (χ4v) is 5.26. The van der Waals surface area contributed by atoms with Crippen LogP contribution in [0.5, 0.6) is 5.75 Å². The van der Waals surface area contributed by atoms with Crippen molar-refractivity contribution in [2.75, 3.05) is 0 Å². The Morgan fingerprint density at radius 2 is 1.86 bits per heavy atom. The Balaban J connectivity index is 1.84. The maximum Gasteiger partial charge on any atom is 0.252 e. The van der Waals surface area contributed by atoms with Gasteiger partial charge in [-0.25, -0.2) is 0 Å². The molecule has 0 aromatic heterocycles. The van der Waals surface area contributed by atoms with Crippen LogP contribution in [0.15, 0.2) is 23.3 Å². The van der Waals surface area contributed by atoms with E-state index < -0.39 is 40.7 Å². The number of carbonyl (C=O) groups is 4. The molecule has 7 nitrogen and oxygen atoms in total. The van der Waals surface area contributed by atoms with E-state index in [-0.39, 0.29) is 29.2 Å². The number of phenols is 1. The van der Waals surface area contributed by atoms with Crippen LogP contribution in [-0.4, -0.2) is 39.1 Å². The van der Waals surface area contributed by atoms with Gasteiger partial charge in [0.2, 0.25) is 5.78 Å². The third-order valence-corrected chi connectivity index (χ3v) is 6.63. The molecule has 0 saturated heterocycles. The summed E-state index contributed by atoms with van der Waals surface area (Å²) in [5.74, 6) is -5.97. The number of carbonyl (C=O) groups excluding carboxylic acids is 4. The number of fused-ring (bicyclic) bond motifs is 3. The van der Waals surface area contributed by atoms with Crippen molar-refractivity contribution in [2.24, 2.45) is 23.5 Å². The molecule has 1 aromatic rings. The number of phenolic OH excluding ortho intramolecular Hbond substituents is 1. The fourth-order valence-electron chi connectivity index (χ4n) is 5.26. The molecule has 3 aliphatic carbocycles. The number of nitrogens with two attached hydrogens (primary N) is 1. The summed E-state index contributed by atoms with van der Waals surface area (Å²) in [5.41, 5.74) is 4.60. The molecule has 3 aliphatic rings. The summed E-state index contributed by atoms with van der Waals surface area (Å²) in [6, 6.07) is 3.12. The number of rotatable bonds is 1.